The van der Waals surface area contributed by atoms with Gasteiger partial charge in [0.15, 0.2) is 0 Å². The number of rotatable bonds is 1. The fourth-order valence-electron chi connectivity index (χ4n) is 1.77. The molecule has 15 heavy (non-hydrogen) atoms. The van der Waals surface area contributed by atoms with Gasteiger partial charge in [0.05, 0.1) is 17.3 Å². The Bertz CT molecular complexity index is 564. The lowest BCUT2D eigenvalue weighted by molar-refractivity contribution is 0.818. The molecule has 0 unspecified atom stereocenters. The van der Waals surface area contributed by atoms with Crippen LogP contribution in [0.25, 0.3) is 10.9 Å². The Balaban J connectivity index is 2.19. The number of nitrogens with zero attached hydrogens (tertiary/aromatic N) is 3. The van der Waals surface area contributed by atoms with Crippen molar-refractivity contribution in [3.63, 3.8) is 0 Å². The predicted octanol–water partition coefficient (Wildman–Crippen LogP) is 2.18. The Kier molecular flexibility index (Phi) is 1.54. The van der Waals surface area contributed by atoms with Crippen molar-refractivity contribution in [3.05, 3.63) is 36.0 Å². The van der Waals surface area contributed by atoms with Crippen LogP contribution in [0.2, 0.25) is 0 Å². The molecule has 1 aromatic heterocycles. The lowest BCUT2D eigenvalue weighted by atomic mass is 10.0. The van der Waals surface area contributed by atoms with Gasteiger partial charge in [0.2, 0.25) is 0 Å². The van der Waals surface area contributed by atoms with Gasteiger partial charge < -0.3 is 0 Å². The molecule has 1 fully saturated rings. The minimum Gasteiger partial charge on any atom is -0.197 e. The third kappa shape index (κ3) is 1.18. The van der Waals surface area contributed by atoms with Crippen molar-refractivity contribution in [2.24, 2.45) is 0 Å². The maximum absolute atomic E-state index is 9.06. The molecule has 0 amide bonds. The summed E-state index contributed by atoms with van der Waals surface area (Å²) < 4.78 is 0. The minimum absolute atomic E-state index is 0.336. The zero-order valence-electron chi connectivity index (χ0n) is 8.14. The standard InChI is InChI=1S/C12H9N3/c13-8-12(5-6-12)11-7-9-3-1-2-4-10(9)14-15-11/h1-4,7H,5-6H2. The normalized spacial score (nSPS) is 17.3. The Hall–Kier alpha value is -1.95. The quantitative estimate of drug-likeness (QED) is 0.700. The molecule has 0 atom stereocenters. The fourth-order valence-corrected chi connectivity index (χ4v) is 1.77. The van der Waals surface area contributed by atoms with E-state index in [1.807, 2.05) is 30.3 Å². The van der Waals surface area contributed by atoms with Gasteiger partial charge in [-0.15, -0.1) is 0 Å². The van der Waals surface area contributed by atoms with Gasteiger partial charge in [-0.25, -0.2) is 0 Å². The van der Waals surface area contributed by atoms with E-state index in [0.717, 1.165) is 29.4 Å². The molecule has 0 radical (unpaired) electrons. The summed E-state index contributed by atoms with van der Waals surface area (Å²) in [6.07, 6.45) is 1.83. The SMILES string of the molecule is N#CC1(c2cc3ccccc3nn2)CC1. The number of hydrogen-bond acceptors (Lipinski definition) is 3. The second-order valence-electron chi connectivity index (χ2n) is 3.98. The molecule has 1 heterocycles. The summed E-state index contributed by atoms with van der Waals surface area (Å²) in [6, 6.07) is 12.2. The molecule has 1 aliphatic rings. The number of aromatic nitrogens is 2. The highest BCUT2D eigenvalue weighted by Crippen LogP contribution is 2.46. The average molecular weight is 195 g/mol. The second-order valence-corrected chi connectivity index (χ2v) is 3.98. The Morgan fingerprint density at radius 3 is 2.73 bits per heavy atom. The van der Waals surface area contributed by atoms with E-state index >= 15 is 0 Å². The van der Waals surface area contributed by atoms with Gasteiger partial charge in [-0.3, -0.25) is 0 Å². The highest BCUT2D eigenvalue weighted by molar-refractivity contribution is 5.78. The molecule has 0 spiro atoms. The third-order valence-corrected chi connectivity index (χ3v) is 2.95. The molecular weight excluding hydrogens is 186 g/mol. The van der Waals surface area contributed by atoms with Crippen LogP contribution in [0.5, 0.6) is 0 Å². The summed E-state index contributed by atoms with van der Waals surface area (Å²) in [5.74, 6) is 0. The molecule has 0 N–H and O–H groups in total. The van der Waals surface area contributed by atoms with Crippen LogP contribution in [0.3, 0.4) is 0 Å². The molecule has 0 saturated heterocycles. The van der Waals surface area contributed by atoms with Crippen molar-refractivity contribution >= 4 is 10.9 Å². The van der Waals surface area contributed by atoms with Gasteiger partial charge >= 0.3 is 0 Å². The van der Waals surface area contributed by atoms with Crippen LogP contribution in [-0.2, 0) is 5.41 Å². The highest BCUT2D eigenvalue weighted by Gasteiger charge is 2.46. The van der Waals surface area contributed by atoms with Crippen molar-refractivity contribution in [2.45, 2.75) is 18.3 Å². The van der Waals surface area contributed by atoms with Gasteiger partial charge in [0, 0.05) is 5.39 Å². The first-order valence-electron chi connectivity index (χ1n) is 4.98. The van der Waals surface area contributed by atoms with E-state index in [0.29, 0.717) is 0 Å². The fraction of sp³-hybridized carbons (Fsp3) is 0.250. The maximum atomic E-state index is 9.06. The van der Waals surface area contributed by atoms with E-state index in [2.05, 4.69) is 16.3 Å². The number of hydrogen-bond donors (Lipinski definition) is 0. The molecule has 1 saturated carbocycles. The van der Waals surface area contributed by atoms with Gasteiger partial charge in [0.1, 0.15) is 5.41 Å². The topological polar surface area (TPSA) is 49.6 Å². The van der Waals surface area contributed by atoms with Crippen LogP contribution >= 0.6 is 0 Å². The van der Waals surface area contributed by atoms with Crippen molar-refractivity contribution < 1.29 is 0 Å². The summed E-state index contributed by atoms with van der Waals surface area (Å²) >= 11 is 0. The predicted molar refractivity (Wildman–Crippen MR) is 56.1 cm³/mol. The van der Waals surface area contributed by atoms with Crippen LogP contribution < -0.4 is 0 Å². The molecule has 0 aliphatic heterocycles. The second kappa shape index (κ2) is 2.77. The number of benzene rings is 1. The van der Waals surface area contributed by atoms with Crippen LogP contribution in [0.4, 0.5) is 0 Å². The first-order valence-corrected chi connectivity index (χ1v) is 4.98. The zero-order chi connectivity index (χ0) is 10.3. The summed E-state index contributed by atoms with van der Waals surface area (Å²) in [5, 5.41) is 18.4. The average Bonchev–Trinajstić information content (AvgIpc) is 3.09. The van der Waals surface area contributed by atoms with Crippen LogP contribution in [0.1, 0.15) is 18.5 Å². The molecule has 3 nitrogen and oxygen atoms in total. The third-order valence-electron chi connectivity index (χ3n) is 2.95. The van der Waals surface area contributed by atoms with Crippen LogP contribution in [0, 0.1) is 11.3 Å². The minimum atomic E-state index is -0.336. The summed E-state index contributed by atoms with van der Waals surface area (Å²) in [4.78, 5) is 0. The smallest absolute Gasteiger partial charge is 0.101 e. The highest BCUT2D eigenvalue weighted by atomic mass is 15.1. The zero-order valence-corrected chi connectivity index (χ0v) is 8.14. The maximum Gasteiger partial charge on any atom is 0.101 e. The van der Waals surface area contributed by atoms with Gasteiger partial charge in [0.25, 0.3) is 0 Å². The first-order chi connectivity index (χ1) is 7.34. The van der Waals surface area contributed by atoms with Crippen molar-refractivity contribution in [1.82, 2.24) is 10.2 Å². The van der Waals surface area contributed by atoms with E-state index in [1.165, 1.54) is 0 Å². The molecule has 2 aromatic rings. The van der Waals surface area contributed by atoms with E-state index in [-0.39, 0.29) is 5.41 Å². The van der Waals surface area contributed by atoms with E-state index in [4.69, 9.17) is 5.26 Å². The molecule has 3 heteroatoms. The van der Waals surface area contributed by atoms with Crippen molar-refractivity contribution in [3.8, 4) is 6.07 Å². The Morgan fingerprint density at radius 1 is 1.20 bits per heavy atom. The monoisotopic (exact) mass is 195 g/mol. The summed E-state index contributed by atoms with van der Waals surface area (Å²) in [6.45, 7) is 0. The lowest BCUT2D eigenvalue weighted by Crippen LogP contribution is -2.06. The number of nitriles is 1. The van der Waals surface area contributed by atoms with E-state index < -0.39 is 0 Å². The van der Waals surface area contributed by atoms with Crippen LogP contribution in [-0.4, -0.2) is 10.2 Å². The van der Waals surface area contributed by atoms with E-state index in [1.54, 1.807) is 0 Å². The Labute approximate surface area is 87.4 Å². The van der Waals surface area contributed by atoms with Gasteiger partial charge in [-0.2, -0.15) is 15.5 Å². The largest absolute Gasteiger partial charge is 0.197 e. The molecule has 0 bridgehead atoms. The molecule has 3 rings (SSSR count). The van der Waals surface area contributed by atoms with Crippen molar-refractivity contribution in [2.75, 3.05) is 0 Å². The molecule has 72 valence electrons. The first kappa shape index (κ1) is 8.37. The summed E-state index contributed by atoms with van der Waals surface area (Å²) in [5.41, 5.74) is 1.37. The van der Waals surface area contributed by atoms with Crippen LogP contribution in [0.15, 0.2) is 30.3 Å². The molecular formula is C12H9N3. The van der Waals surface area contributed by atoms with E-state index in [9.17, 15) is 0 Å². The van der Waals surface area contributed by atoms with Gasteiger partial charge in [-0.05, 0) is 25.0 Å². The number of fused-ring (bicyclic) bond motifs is 1. The lowest BCUT2D eigenvalue weighted by Gasteiger charge is -2.04. The Morgan fingerprint density at radius 2 is 2.00 bits per heavy atom. The molecule has 1 aliphatic carbocycles. The van der Waals surface area contributed by atoms with Crippen molar-refractivity contribution in [1.29, 1.82) is 5.26 Å². The summed E-state index contributed by atoms with van der Waals surface area (Å²) in [7, 11) is 0. The molecule has 1 aromatic carbocycles. The van der Waals surface area contributed by atoms with Gasteiger partial charge in [-0.1, -0.05) is 18.2 Å².